The second-order valence-corrected chi connectivity index (χ2v) is 5.51. The van der Waals surface area contributed by atoms with Crippen LogP contribution in [0.1, 0.15) is 41.9 Å². The van der Waals surface area contributed by atoms with Gasteiger partial charge in [0, 0.05) is 12.1 Å². The zero-order valence-corrected chi connectivity index (χ0v) is 12.5. The third kappa shape index (κ3) is 3.46. The lowest BCUT2D eigenvalue weighted by molar-refractivity contribution is 0.0923. The van der Waals surface area contributed by atoms with E-state index in [2.05, 4.69) is 24.5 Å². The molecular weight excluding hydrogens is 268 g/mol. The zero-order valence-electron chi connectivity index (χ0n) is 10.9. The molecule has 5 heteroatoms. The molecule has 2 unspecified atom stereocenters. The summed E-state index contributed by atoms with van der Waals surface area (Å²) in [4.78, 5) is 13.1. The van der Waals surface area contributed by atoms with Crippen LogP contribution in [0.15, 0.2) is 11.4 Å². The van der Waals surface area contributed by atoms with Gasteiger partial charge in [-0.2, -0.15) is 0 Å². The molecule has 1 saturated heterocycles. The number of amides is 1. The summed E-state index contributed by atoms with van der Waals surface area (Å²) >= 11 is 1.54. The van der Waals surface area contributed by atoms with Crippen molar-refractivity contribution in [1.29, 1.82) is 0 Å². The lowest BCUT2D eigenvalue weighted by Crippen LogP contribution is -2.51. The van der Waals surface area contributed by atoms with Crippen molar-refractivity contribution in [2.45, 2.75) is 45.2 Å². The smallest absolute Gasteiger partial charge is 0.261 e. The van der Waals surface area contributed by atoms with Gasteiger partial charge in [0.2, 0.25) is 0 Å². The van der Waals surface area contributed by atoms with Crippen LogP contribution in [-0.4, -0.2) is 24.5 Å². The molecule has 3 nitrogen and oxygen atoms in total. The Morgan fingerprint density at radius 1 is 1.61 bits per heavy atom. The van der Waals surface area contributed by atoms with Crippen LogP contribution in [0.25, 0.3) is 0 Å². The Balaban J connectivity index is 0.00000162. The molecule has 18 heavy (non-hydrogen) atoms. The molecule has 102 valence electrons. The fourth-order valence-corrected chi connectivity index (χ4v) is 3.19. The Labute approximate surface area is 119 Å². The van der Waals surface area contributed by atoms with Crippen molar-refractivity contribution in [3.8, 4) is 0 Å². The Morgan fingerprint density at radius 2 is 2.39 bits per heavy atom. The minimum atomic E-state index is 0. The zero-order chi connectivity index (χ0) is 12.3. The van der Waals surface area contributed by atoms with Crippen molar-refractivity contribution in [1.82, 2.24) is 10.6 Å². The minimum absolute atomic E-state index is 0. The summed E-state index contributed by atoms with van der Waals surface area (Å²) < 4.78 is 0. The van der Waals surface area contributed by atoms with Crippen LogP contribution in [-0.2, 0) is 6.42 Å². The highest BCUT2D eigenvalue weighted by molar-refractivity contribution is 7.12. The standard InChI is InChI=1S/C13H20N2OS.ClH/c1-3-10-6-8-17-12(10)13(16)15-11-5-4-7-14-9(11)2;/h6,8-9,11,14H,3-5,7H2,1-2H3,(H,15,16);1H. The Hall–Kier alpha value is -0.580. The lowest BCUT2D eigenvalue weighted by Gasteiger charge is -2.30. The van der Waals surface area contributed by atoms with Gasteiger partial charge in [0.1, 0.15) is 0 Å². The SMILES string of the molecule is CCc1ccsc1C(=O)NC1CCCNC1C.Cl. The van der Waals surface area contributed by atoms with Gasteiger partial charge in [-0.1, -0.05) is 6.92 Å². The normalized spacial score (nSPS) is 23.2. The quantitative estimate of drug-likeness (QED) is 0.898. The van der Waals surface area contributed by atoms with Gasteiger partial charge in [-0.15, -0.1) is 23.7 Å². The molecule has 2 N–H and O–H groups in total. The predicted octanol–water partition coefficient (Wildman–Crippen LogP) is 2.60. The molecule has 2 atom stereocenters. The Kier molecular flexibility index (Phi) is 6.12. The summed E-state index contributed by atoms with van der Waals surface area (Å²) in [5.74, 6) is 0.0948. The maximum atomic E-state index is 12.2. The maximum Gasteiger partial charge on any atom is 0.261 e. The highest BCUT2D eigenvalue weighted by Gasteiger charge is 2.23. The fraction of sp³-hybridized carbons (Fsp3) is 0.615. The van der Waals surface area contributed by atoms with E-state index >= 15 is 0 Å². The maximum absolute atomic E-state index is 12.2. The third-order valence-electron chi connectivity index (χ3n) is 3.41. The molecule has 0 saturated carbocycles. The minimum Gasteiger partial charge on any atom is -0.347 e. The van der Waals surface area contributed by atoms with E-state index in [-0.39, 0.29) is 24.4 Å². The molecule has 0 aromatic carbocycles. The molecular formula is C13H21ClN2OS. The number of carbonyl (C=O) groups is 1. The van der Waals surface area contributed by atoms with Crippen molar-refractivity contribution < 1.29 is 4.79 Å². The van der Waals surface area contributed by atoms with E-state index in [0.717, 1.165) is 36.2 Å². The topological polar surface area (TPSA) is 41.1 Å². The number of nitrogens with one attached hydrogen (secondary N) is 2. The second-order valence-electron chi connectivity index (χ2n) is 4.59. The van der Waals surface area contributed by atoms with Crippen molar-refractivity contribution in [2.75, 3.05) is 6.54 Å². The number of aryl methyl sites for hydroxylation is 1. The van der Waals surface area contributed by atoms with Crippen LogP contribution in [0.2, 0.25) is 0 Å². The van der Waals surface area contributed by atoms with E-state index < -0.39 is 0 Å². The average molecular weight is 289 g/mol. The first-order valence-electron chi connectivity index (χ1n) is 6.33. The molecule has 0 spiro atoms. The van der Waals surface area contributed by atoms with Gasteiger partial charge in [0.25, 0.3) is 5.91 Å². The van der Waals surface area contributed by atoms with Crippen molar-refractivity contribution >= 4 is 29.7 Å². The van der Waals surface area contributed by atoms with Gasteiger partial charge in [0.15, 0.2) is 0 Å². The number of piperidine rings is 1. The molecule has 1 aliphatic rings. The first kappa shape index (κ1) is 15.5. The number of thiophene rings is 1. The number of hydrogen-bond donors (Lipinski definition) is 2. The molecule has 0 aliphatic carbocycles. The molecule has 1 aromatic rings. The van der Waals surface area contributed by atoms with E-state index in [0.29, 0.717) is 6.04 Å². The summed E-state index contributed by atoms with van der Waals surface area (Å²) in [6, 6.07) is 2.68. The first-order chi connectivity index (χ1) is 8.22. The lowest BCUT2D eigenvalue weighted by atomic mass is 10.00. The number of rotatable bonds is 3. The largest absolute Gasteiger partial charge is 0.347 e. The summed E-state index contributed by atoms with van der Waals surface area (Å²) in [6.45, 7) is 5.29. The third-order valence-corrected chi connectivity index (χ3v) is 4.37. The van der Waals surface area contributed by atoms with E-state index in [1.165, 1.54) is 11.3 Å². The second kappa shape index (κ2) is 7.12. The molecule has 0 radical (unpaired) electrons. The fourth-order valence-electron chi connectivity index (χ4n) is 2.29. The van der Waals surface area contributed by atoms with E-state index in [1.807, 2.05) is 11.4 Å². The van der Waals surface area contributed by atoms with Crippen LogP contribution < -0.4 is 10.6 Å². The molecule has 1 aliphatic heterocycles. The molecule has 1 aromatic heterocycles. The summed E-state index contributed by atoms with van der Waals surface area (Å²) in [7, 11) is 0. The number of hydrogen-bond acceptors (Lipinski definition) is 3. The summed E-state index contributed by atoms with van der Waals surface area (Å²) in [6.07, 6.45) is 3.14. The van der Waals surface area contributed by atoms with Crippen LogP contribution in [0.4, 0.5) is 0 Å². The van der Waals surface area contributed by atoms with Crippen molar-refractivity contribution in [3.05, 3.63) is 21.9 Å². The summed E-state index contributed by atoms with van der Waals surface area (Å²) in [5, 5.41) is 8.55. The van der Waals surface area contributed by atoms with E-state index in [4.69, 9.17) is 0 Å². The number of halogens is 1. The molecule has 1 amide bonds. The highest BCUT2D eigenvalue weighted by Crippen LogP contribution is 2.18. The Bertz CT molecular complexity index is 394. The van der Waals surface area contributed by atoms with E-state index in [1.54, 1.807) is 0 Å². The van der Waals surface area contributed by atoms with Gasteiger partial charge in [-0.25, -0.2) is 0 Å². The van der Waals surface area contributed by atoms with Gasteiger partial charge < -0.3 is 10.6 Å². The summed E-state index contributed by atoms with van der Waals surface area (Å²) in [5.41, 5.74) is 1.16. The molecule has 0 bridgehead atoms. The van der Waals surface area contributed by atoms with Gasteiger partial charge in [0.05, 0.1) is 4.88 Å². The van der Waals surface area contributed by atoms with Gasteiger partial charge in [-0.3, -0.25) is 4.79 Å². The predicted molar refractivity (Wildman–Crippen MR) is 78.9 cm³/mol. The average Bonchev–Trinajstić information content (AvgIpc) is 2.80. The first-order valence-corrected chi connectivity index (χ1v) is 7.21. The highest BCUT2D eigenvalue weighted by atomic mass is 35.5. The van der Waals surface area contributed by atoms with Gasteiger partial charge >= 0.3 is 0 Å². The van der Waals surface area contributed by atoms with Crippen molar-refractivity contribution in [2.24, 2.45) is 0 Å². The van der Waals surface area contributed by atoms with Crippen LogP contribution in [0.3, 0.4) is 0 Å². The van der Waals surface area contributed by atoms with E-state index in [9.17, 15) is 4.79 Å². The monoisotopic (exact) mass is 288 g/mol. The van der Waals surface area contributed by atoms with Crippen LogP contribution >= 0.6 is 23.7 Å². The van der Waals surface area contributed by atoms with Crippen LogP contribution in [0.5, 0.6) is 0 Å². The Morgan fingerprint density at radius 3 is 3.06 bits per heavy atom. The van der Waals surface area contributed by atoms with Gasteiger partial charge in [-0.05, 0) is 49.7 Å². The molecule has 2 rings (SSSR count). The molecule has 2 heterocycles. The van der Waals surface area contributed by atoms with Crippen LogP contribution in [0, 0.1) is 0 Å². The van der Waals surface area contributed by atoms with Crippen molar-refractivity contribution in [3.63, 3.8) is 0 Å². The molecule has 1 fully saturated rings. The number of carbonyl (C=O) groups excluding carboxylic acids is 1.